The average Bonchev–Trinajstić information content (AvgIpc) is 3.42. The molecule has 10 nitrogen and oxygen atoms in total. The highest BCUT2D eigenvalue weighted by Gasteiger charge is 2.34. The third-order valence-corrected chi connectivity index (χ3v) is 7.17. The van der Waals surface area contributed by atoms with E-state index in [1.807, 2.05) is 4.72 Å². The first-order chi connectivity index (χ1) is 16.6. The number of urea groups is 1. The van der Waals surface area contributed by atoms with Gasteiger partial charge >= 0.3 is 6.03 Å². The summed E-state index contributed by atoms with van der Waals surface area (Å²) in [5, 5.41) is 2.47. The lowest BCUT2D eigenvalue weighted by Crippen LogP contribution is -2.30. The molecule has 2 aliphatic rings. The maximum Gasteiger partial charge on any atom is 0.322 e. The average molecular weight is 522 g/mol. The molecule has 2 amide bonds. The number of halogens is 3. The molecule has 0 atom stereocenters. The minimum atomic E-state index is -4.45. The van der Waals surface area contributed by atoms with Crippen LogP contribution in [0.4, 0.5) is 42.3 Å². The molecule has 0 aliphatic carbocycles. The fourth-order valence-electron chi connectivity index (χ4n) is 4.06. The van der Waals surface area contributed by atoms with Crippen molar-refractivity contribution < 1.29 is 22.0 Å². The normalized spacial score (nSPS) is 15.3. The SMILES string of the molecule is Nc1cnc(N2CCc3cc(S(=O)(=O)Nc4c(F)cc(Cl)cc4F)cc(N4CCNC4=O)c32)nc1. The summed E-state index contributed by atoms with van der Waals surface area (Å²) < 4.78 is 56.9. The van der Waals surface area contributed by atoms with Crippen molar-refractivity contribution in [1.29, 1.82) is 0 Å². The van der Waals surface area contributed by atoms with Crippen molar-refractivity contribution in [2.45, 2.75) is 11.3 Å². The van der Waals surface area contributed by atoms with E-state index in [1.165, 1.54) is 29.4 Å². The van der Waals surface area contributed by atoms with Gasteiger partial charge < -0.3 is 16.0 Å². The molecular weight excluding hydrogens is 504 g/mol. The van der Waals surface area contributed by atoms with Crippen LogP contribution in [0.3, 0.4) is 0 Å². The number of hydrogen-bond acceptors (Lipinski definition) is 7. The summed E-state index contributed by atoms with van der Waals surface area (Å²) in [7, 11) is -4.45. The Kier molecular flexibility index (Phi) is 5.60. The van der Waals surface area contributed by atoms with Crippen molar-refractivity contribution in [3.8, 4) is 0 Å². The van der Waals surface area contributed by atoms with Gasteiger partial charge in [-0.05, 0) is 36.2 Å². The Bertz CT molecular complexity index is 1430. The number of fused-ring (bicyclic) bond motifs is 1. The molecule has 182 valence electrons. The van der Waals surface area contributed by atoms with Gasteiger partial charge in [-0.25, -0.2) is 32.0 Å². The second kappa shape index (κ2) is 8.50. The Balaban J connectivity index is 1.62. The number of carbonyl (C=O) groups is 1. The van der Waals surface area contributed by atoms with Gasteiger partial charge in [-0.3, -0.25) is 9.62 Å². The Morgan fingerprint density at radius 1 is 1.06 bits per heavy atom. The van der Waals surface area contributed by atoms with E-state index < -0.39 is 33.4 Å². The number of benzene rings is 2. The molecule has 0 spiro atoms. The van der Waals surface area contributed by atoms with E-state index in [-0.39, 0.29) is 9.92 Å². The third-order valence-electron chi connectivity index (χ3n) is 5.62. The van der Waals surface area contributed by atoms with Crippen molar-refractivity contribution in [3.63, 3.8) is 0 Å². The lowest BCUT2D eigenvalue weighted by Gasteiger charge is -2.25. The van der Waals surface area contributed by atoms with Crippen molar-refractivity contribution in [2.75, 3.05) is 39.9 Å². The number of nitrogens with zero attached hydrogens (tertiary/aromatic N) is 4. The van der Waals surface area contributed by atoms with Gasteiger partial charge in [0.1, 0.15) is 5.69 Å². The number of nitrogen functional groups attached to an aromatic ring is 1. The number of anilines is 5. The molecule has 4 N–H and O–H groups in total. The van der Waals surface area contributed by atoms with Gasteiger partial charge in [0.25, 0.3) is 10.0 Å². The number of hydrogen-bond donors (Lipinski definition) is 3. The van der Waals surface area contributed by atoms with Crippen LogP contribution in [-0.2, 0) is 16.4 Å². The van der Waals surface area contributed by atoms with Crippen molar-refractivity contribution in [2.24, 2.45) is 0 Å². The van der Waals surface area contributed by atoms with Crippen molar-refractivity contribution in [3.05, 3.63) is 58.9 Å². The van der Waals surface area contributed by atoms with E-state index in [0.29, 0.717) is 54.6 Å². The van der Waals surface area contributed by atoms with Gasteiger partial charge in [-0.1, -0.05) is 11.6 Å². The molecule has 0 bridgehead atoms. The molecule has 35 heavy (non-hydrogen) atoms. The Labute approximate surface area is 203 Å². The van der Waals surface area contributed by atoms with E-state index in [2.05, 4.69) is 15.3 Å². The van der Waals surface area contributed by atoms with Crippen molar-refractivity contribution in [1.82, 2.24) is 15.3 Å². The summed E-state index contributed by atoms with van der Waals surface area (Å²) in [5.41, 5.74) is 6.67. The molecular formula is C21H18ClF2N7O3S. The smallest absolute Gasteiger partial charge is 0.322 e. The molecule has 0 unspecified atom stereocenters. The predicted octanol–water partition coefficient (Wildman–Crippen LogP) is 3.02. The maximum atomic E-state index is 14.3. The number of sulfonamides is 1. The first kappa shape index (κ1) is 23.1. The highest BCUT2D eigenvalue weighted by Crippen LogP contribution is 2.43. The van der Waals surface area contributed by atoms with Crippen LogP contribution in [-0.4, -0.2) is 44.1 Å². The second-order valence-corrected chi connectivity index (χ2v) is 10.0. The standard InChI is InChI=1S/C21H18ClF2N7O3S/c22-12-6-15(23)18(16(24)7-12)29-35(33,34)14-5-11-1-3-31(20-27-9-13(25)10-28-20)19(11)17(8-14)30-4-2-26-21(30)32/h5-10,29H,1-4,25H2,(H,26,32). The molecule has 2 aromatic carbocycles. The summed E-state index contributed by atoms with van der Waals surface area (Å²) in [5.74, 6) is -1.99. The quantitative estimate of drug-likeness (QED) is 0.470. The molecule has 1 aromatic heterocycles. The van der Waals surface area contributed by atoms with Crippen LogP contribution in [0.15, 0.2) is 41.6 Å². The first-order valence-corrected chi connectivity index (χ1v) is 12.2. The molecule has 3 heterocycles. The lowest BCUT2D eigenvalue weighted by atomic mass is 10.1. The zero-order chi connectivity index (χ0) is 24.9. The molecule has 1 fully saturated rings. The first-order valence-electron chi connectivity index (χ1n) is 10.4. The predicted molar refractivity (Wildman–Crippen MR) is 127 cm³/mol. The fraction of sp³-hybridized carbons (Fsp3) is 0.190. The highest BCUT2D eigenvalue weighted by molar-refractivity contribution is 7.92. The Hall–Kier alpha value is -3.71. The molecule has 2 aliphatic heterocycles. The number of amides is 2. The minimum Gasteiger partial charge on any atom is -0.396 e. The van der Waals surface area contributed by atoms with Gasteiger partial charge in [0, 0.05) is 24.7 Å². The van der Waals surface area contributed by atoms with Crippen LogP contribution < -0.4 is 25.6 Å². The van der Waals surface area contributed by atoms with Crippen LogP contribution in [0.25, 0.3) is 0 Å². The van der Waals surface area contributed by atoms with E-state index >= 15 is 0 Å². The maximum absolute atomic E-state index is 14.3. The fourth-order valence-corrected chi connectivity index (χ4v) is 5.40. The minimum absolute atomic E-state index is 0.215. The summed E-state index contributed by atoms with van der Waals surface area (Å²) in [6.07, 6.45) is 3.31. The number of nitrogens with one attached hydrogen (secondary N) is 2. The monoisotopic (exact) mass is 521 g/mol. The lowest BCUT2D eigenvalue weighted by molar-refractivity contribution is 0.252. The number of aromatic nitrogens is 2. The molecule has 0 radical (unpaired) electrons. The van der Waals surface area contributed by atoms with E-state index in [1.54, 1.807) is 4.90 Å². The van der Waals surface area contributed by atoms with Gasteiger partial charge in [0.05, 0.1) is 34.4 Å². The molecule has 14 heteroatoms. The third kappa shape index (κ3) is 4.17. The number of carbonyl (C=O) groups excluding carboxylic acids is 1. The molecule has 0 saturated carbocycles. The number of nitrogens with two attached hydrogens (primary N) is 1. The zero-order valence-corrected chi connectivity index (χ0v) is 19.5. The van der Waals surface area contributed by atoms with Gasteiger partial charge in [0.15, 0.2) is 11.6 Å². The summed E-state index contributed by atoms with van der Waals surface area (Å²) in [4.78, 5) is 23.9. The van der Waals surface area contributed by atoms with Crippen molar-refractivity contribution >= 4 is 56.4 Å². The van der Waals surface area contributed by atoms with Crippen LogP contribution in [0.5, 0.6) is 0 Å². The van der Waals surface area contributed by atoms with E-state index in [0.717, 1.165) is 12.1 Å². The van der Waals surface area contributed by atoms with E-state index in [9.17, 15) is 22.0 Å². The van der Waals surface area contributed by atoms with Crippen LogP contribution in [0.1, 0.15) is 5.56 Å². The van der Waals surface area contributed by atoms with Gasteiger partial charge in [-0.2, -0.15) is 0 Å². The van der Waals surface area contributed by atoms with Gasteiger partial charge in [-0.15, -0.1) is 0 Å². The molecule has 5 rings (SSSR count). The number of rotatable bonds is 5. The zero-order valence-electron chi connectivity index (χ0n) is 17.9. The Morgan fingerprint density at radius 2 is 1.74 bits per heavy atom. The summed E-state index contributed by atoms with van der Waals surface area (Å²) in [6, 6.07) is 3.88. The van der Waals surface area contributed by atoms with Crippen LogP contribution in [0, 0.1) is 11.6 Å². The topological polar surface area (TPSA) is 134 Å². The summed E-state index contributed by atoms with van der Waals surface area (Å²) in [6.45, 7) is 1.07. The van der Waals surface area contributed by atoms with E-state index in [4.69, 9.17) is 17.3 Å². The molecule has 3 aromatic rings. The Morgan fingerprint density at radius 3 is 2.37 bits per heavy atom. The molecule has 1 saturated heterocycles. The summed E-state index contributed by atoms with van der Waals surface area (Å²) >= 11 is 5.63. The largest absolute Gasteiger partial charge is 0.396 e. The second-order valence-electron chi connectivity index (χ2n) is 7.90. The van der Waals surface area contributed by atoms with Crippen LogP contribution >= 0.6 is 11.6 Å². The van der Waals surface area contributed by atoms with Gasteiger partial charge in [0.2, 0.25) is 5.95 Å². The van der Waals surface area contributed by atoms with Crippen LogP contribution in [0.2, 0.25) is 5.02 Å². The highest BCUT2D eigenvalue weighted by atomic mass is 35.5.